The summed E-state index contributed by atoms with van der Waals surface area (Å²) in [5.74, 6) is 0.528. The van der Waals surface area contributed by atoms with Crippen molar-refractivity contribution in [2.75, 3.05) is 13.7 Å². The van der Waals surface area contributed by atoms with Gasteiger partial charge in [0.2, 0.25) is 7.37 Å². The summed E-state index contributed by atoms with van der Waals surface area (Å²) in [4.78, 5) is 12.6. The van der Waals surface area contributed by atoms with E-state index < -0.39 is 18.7 Å². The molecule has 0 saturated heterocycles. The Morgan fingerprint density at radius 1 is 1.23 bits per heavy atom. The minimum absolute atomic E-state index is 0.135. The summed E-state index contributed by atoms with van der Waals surface area (Å²) in [5, 5.41) is 1.85. The van der Waals surface area contributed by atoms with Crippen LogP contribution in [0.15, 0.2) is 67.3 Å². The van der Waals surface area contributed by atoms with E-state index in [0.29, 0.717) is 12.2 Å². The topological polar surface area (TPSA) is 73.9 Å². The van der Waals surface area contributed by atoms with Gasteiger partial charge >= 0.3 is 6.09 Å². The molecule has 1 fully saturated rings. The first kappa shape index (κ1) is 22.1. The number of benzene rings is 2. The molecule has 0 bridgehead atoms. The third-order valence-electron chi connectivity index (χ3n) is 5.27. The monoisotopic (exact) mass is 429 g/mol. The largest absolute Gasteiger partial charge is 0.497 e. The van der Waals surface area contributed by atoms with Crippen LogP contribution >= 0.6 is 7.37 Å². The van der Waals surface area contributed by atoms with Gasteiger partial charge in [-0.3, -0.25) is 4.57 Å². The van der Waals surface area contributed by atoms with Crippen molar-refractivity contribution in [3.63, 3.8) is 0 Å². The Labute approximate surface area is 177 Å². The maximum atomic E-state index is 14.1. The molecule has 2 aromatic rings. The van der Waals surface area contributed by atoms with E-state index in [1.54, 1.807) is 20.1 Å². The van der Waals surface area contributed by atoms with Gasteiger partial charge in [-0.15, -0.1) is 6.58 Å². The number of methoxy groups -OCH3 is 1. The standard InChI is InChI=1S/C23H28NO5P/c1-4-20-15-23(20,24-22(25)28-16-18-10-7-6-8-11-18)30(26,29-5-2)17-19-12-9-13-21(14-19)27-3/h4,6-14,20H,1,5,15-17H2,2-3H3,(H,24,25). The van der Waals surface area contributed by atoms with E-state index in [2.05, 4.69) is 11.9 Å². The van der Waals surface area contributed by atoms with Crippen LogP contribution in [0.5, 0.6) is 5.75 Å². The van der Waals surface area contributed by atoms with Crippen molar-refractivity contribution in [3.05, 3.63) is 78.4 Å². The van der Waals surface area contributed by atoms with Gasteiger partial charge in [0.15, 0.2) is 0 Å². The van der Waals surface area contributed by atoms with E-state index in [1.165, 1.54) is 0 Å². The molecule has 0 aliphatic heterocycles. The smallest absolute Gasteiger partial charge is 0.408 e. The Balaban J connectivity index is 1.78. The van der Waals surface area contributed by atoms with Gasteiger partial charge in [-0.2, -0.15) is 0 Å². The Morgan fingerprint density at radius 3 is 2.60 bits per heavy atom. The zero-order valence-electron chi connectivity index (χ0n) is 17.4. The first-order valence-corrected chi connectivity index (χ1v) is 11.8. The molecule has 0 aromatic heterocycles. The van der Waals surface area contributed by atoms with E-state index in [1.807, 2.05) is 54.6 Å². The number of rotatable bonds is 10. The molecule has 6 nitrogen and oxygen atoms in total. The van der Waals surface area contributed by atoms with Crippen molar-refractivity contribution in [1.29, 1.82) is 0 Å². The summed E-state index contributed by atoms with van der Waals surface area (Å²) < 4.78 is 30.5. The van der Waals surface area contributed by atoms with Crippen LogP contribution in [0.4, 0.5) is 4.79 Å². The third kappa shape index (κ3) is 4.77. The molecule has 7 heteroatoms. The molecule has 160 valence electrons. The van der Waals surface area contributed by atoms with E-state index in [9.17, 15) is 9.36 Å². The lowest BCUT2D eigenvalue weighted by Gasteiger charge is -2.29. The van der Waals surface area contributed by atoms with Gasteiger partial charge < -0.3 is 19.3 Å². The third-order valence-corrected chi connectivity index (χ3v) is 8.57. The highest BCUT2D eigenvalue weighted by atomic mass is 31.2. The van der Waals surface area contributed by atoms with Gasteiger partial charge in [0.1, 0.15) is 17.6 Å². The second kappa shape index (κ2) is 9.50. The molecule has 1 saturated carbocycles. The van der Waals surface area contributed by atoms with Gasteiger partial charge in [-0.05, 0) is 36.6 Å². The van der Waals surface area contributed by atoms with Crippen LogP contribution in [0.1, 0.15) is 24.5 Å². The van der Waals surface area contributed by atoms with Crippen molar-refractivity contribution in [3.8, 4) is 5.75 Å². The average Bonchev–Trinajstić information content (AvgIpc) is 3.48. The Hall–Kier alpha value is -2.56. The number of carbonyl (C=O) groups excluding carboxylic acids is 1. The second-order valence-electron chi connectivity index (χ2n) is 7.26. The van der Waals surface area contributed by atoms with Crippen LogP contribution in [-0.4, -0.2) is 25.1 Å². The van der Waals surface area contributed by atoms with E-state index in [-0.39, 0.29) is 25.3 Å². The summed E-state index contributed by atoms with van der Waals surface area (Å²) in [6.07, 6.45) is 1.78. The minimum atomic E-state index is -3.32. The quantitative estimate of drug-likeness (QED) is 0.408. The predicted octanol–water partition coefficient (Wildman–Crippen LogP) is 5.34. The van der Waals surface area contributed by atoms with Crippen LogP contribution in [0, 0.1) is 5.92 Å². The summed E-state index contributed by atoms with van der Waals surface area (Å²) in [6, 6.07) is 16.8. The van der Waals surface area contributed by atoms with Crippen LogP contribution in [0.2, 0.25) is 0 Å². The molecule has 1 aliphatic carbocycles. The maximum absolute atomic E-state index is 14.1. The molecule has 0 spiro atoms. The van der Waals surface area contributed by atoms with Crippen molar-refractivity contribution in [1.82, 2.24) is 5.32 Å². The van der Waals surface area contributed by atoms with Crippen LogP contribution in [-0.2, 0) is 26.6 Å². The normalized spacial score (nSPS) is 21.9. The zero-order chi connectivity index (χ0) is 21.6. The Kier molecular flexibility index (Phi) is 7.01. The highest BCUT2D eigenvalue weighted by Gasteiger charge is 2.66. The SMILES string of the molecule is C=CC1CC1(NC(=O)OCc1ccccc1)P(=O)(Cc1cccc(OC)c1)OCC. The lowest BCUT2D eigenvalue weighted by atomic mass is 10.2. The molecule has 2 aromatic carbocycles. The number of hydrogen-bond acceptors (Lipinski definition) is 5. The number of amides is 1. The second-order valence-corrected chi connectivity index (χ2v) is 9.98. The molecular weight excluding hydrogens is 401 g/mol. The molecule has 0 heterocycles. The van der Waals surface area contributed by atoms with Crippen LogP contribution < -0.4 is 10.1 Å². The number of hydrogen-bond donors (Lipinski definition) is 1. The van der Waals surface area contributed by atoms with Crippen LogP contribution in [0.3, 0.4) is 0 Å². The zero-order valence-corrected chi connectivity index (χ0v) is 18.3. The number of ether oxygens (including phenoxy) is 2. The highest BCUT2D eigenvalue weighted by molar-refractivity contribution is 7.60. The lowest BCUT2D eigenvalue weighted by Crippen LogP contribution is -2.39. The van der Waals surface area contributed by atoms with Crippen molar-refractivity contribution in [2.45, 2.75) is 31.4 Å². The number of carbonyl (C=O) groups is 1. The highest BCUT2D eigenvalue weighted by Crippen LogP contribution is 2.73. The first-order valence-electron chi connectivity index (χ1n) is 9.94. The fraction of sp³-hybridized carbons (Fsp3) is 0.348. The molecular formula is C23H28NO5P. The van der Waals surface area contributed by atoms with Gasteiger partial charge in [-0.1, -0.05) is 48.5 Å². The number of nitrogens with one attached hydrogen (secondary N) is 1. The summed E-state index contributed by atoms with van der Waals surface area (Å²) in [6.45, 7) is 6.04. The molecule has 1 aliphatic rings. The molecule has 3 atom stereocenters. The molecule has 30 heavy (non-hydrogen) atoms. The van der Waals surface area contributed by atoms with Gasteiger partial charge in [-0.25, -0.2) is 4.79 Å². The molecule has 0 radical (unpaired) electrons. The fourth-order valence-corrected chi connectivity index (χ4v) is 6.68. The average molecular weight is 429 g/mol. The van der Waals surface area contributed by atoms with Crippen LogP contribution in [0.25, 0.3) is 0 Å². The minimum Gasteiger partial charge on any atom is -0.497 e. The molecule has 1 amide bonds. The van der Waals surface area contributed by atoms with Gasteiger partial charge in [0.05, 0.1) is 19.9 Å². The van der Waals surface area contributed by atoms with E-state index in [0.717, 1.165) is 11.1 Å². The Bertz CT molecular complexity index is 932. The summed E-state index contributed by atoms with van der Waals surface area (Å²) >= 11 is 0. The predicted molar refractivity (Wildman–Crippen MR) is 117 cm³/mol. The van der Waals surface area contributed by atoms with E-state index >= 15 is 0 Å². The van der Waals surface area contributed by atoms with Crippen molar-refractivity contribution >= 4 is 13.5 Å². The van der Waals surface area contributed by atoms with E-state index in [4.69, 9.17) is 14.0 Å². The summed E-state index contributed by atoms with van der Waals surface area (Å²) in [7, 11) is -1.74. The molecule has 3 rings (SSSR count). The maximum Gasteiger partial charge on any atom is 0.408 e. The first-order chi connectivity index (χ1) is 14.5. The van der Waals surface area contributed by atoms with Crippen molar-refractivity contribution < 1.29 is 23.4 Å². The Morgan fingerprint density at radius 2 is 1.97 bits per heavy atom. The fourth-order valence-electron chi connectivity index (χ4n) is 3.63. The van der Waals surface area contributed by atoms with Gasteiger partial charge in [0.25, 0.3) is 0 Å². The van der Waals surface area contributed by atoms with Gasteiger partial charge in [0, 0.05) is 5.92 Å². The molecule has 1 N–H and O–H groups in total. The molecule has 3 unspecified atom stereocenters. The summed E-state index contributed by atoms with van der Waals surface area (Å²) in [5.41, 5.74) is 1.70. The number of alkyl carbamates (subject to hydrolysis) is 1. The van der Waals surface area contributed by atoms with Crippen molar-refractivity contribution in [2.24, 2.45) is 5.92 Å². The lowest BCUT2D eigenvalue weighted by molar-refractivity contribution is 0.136.